The molecule has 140 valence electrons. The molecule has 1 heterocycles. The van der Waals surface area contributed by atoms with E-state index in [1.807, 2.05) is 30.3 Å². The zero-order chi connectivity index (χ0) is 19.9. The van der Waals surface area contributed by atoms with Gasteiger partial charge in [0.1, 0.15) is 5.56 Å². The van der Waals surface area contributed by atoms with Crippen LogP contribution in [0.1, 0.15) is 31.8 Å². The molecule has 0 fully saturated rings. The second kappa shape index (κ2) is 8.59. The fourth-order valence-corrected chi connectivity index (χ4v) is 2.64. The predicted octanol–water partition coefficient (Wildman–Crippen LogP) is 2.36. The van der Waals surface area contributed by atoms with E-state index in [4.69, 9.17) is 5.11 Å². The van der Waals surface area contributed by atoms with Gasteiger partial charge in [-0.2, -0.15) is 5.10 Å². The minimum Gasteiger partial charge on any atom is -0.478 e. The quantitative estimate of drug-likeness (QED) is 0.510. The van der Waals surface area contributed by atoms with E-state index >= 15 is 0 Å². The van der Waals surface area contributed by atoms with Crippen LogP contribution in [0.25, 0.3) is 0 Å². The fraction of sp³-hybridized carbons (Fsp3) is 0.0476. The number of carboxylic acids is 1. The minimum atomic E-state index is -1.10. The lowest BCUT2D eigenvalue weighted by atomic mass is 10.1. The predicted molar refractivity (Wildman–Crippen MR) is 105 cm³/mol. The van der Waals surface area contributed by atoms with E-state index in [-0.39, 0.29) is 11.1 Å². The smallest absolute Gasteiger partial charge is 0.336 e. The van der Waals surface area contributed by atoms with Crippen LogP contribution in [0.3, 0.4) is 0 Å². The van der Waals surface area contributed by atoms with E-state index in [1.165, 1.54) is 22.9 Å². The summed E-state index contributed by atoms with van der Waals surface area (Å²) in [5.74, 6) is -1.77. The number of aromatic nitrogens is 1. The Kier molecular flexibility index (Phi) is 5.76. The summed E-state index contributed by atoms with van der Waals surface area (Å²) in [6.45, 7) is 0.343. The molecular formula is C21H17N3O4. The molecule has 1 aromatic heterocycles. The Balaban J connectivity index is 1.76. The van der Waals surface area contributed by atoms with Crippen molar-refractivity contribution in [1.82, 2.24) is 9.99 Å². The third-order valence-electron chi connectivity index (χ3n) is 4.02. The van der Waals surface area contributed by atoms with Crippen molar-refractivity contribution < 1.29 is 14.7 Å². The first kappa shape index (κ1) is 18.8. The molecule has 0 aliphatic heterocycles. The second-order valence-electron chi connectivity index (χ2n) is 5.93. The summed E-state index contributed by atoms with van der Waals surface area (Å²) in [5.41, 5.74) is 3.11. The lowest BCUT2D eigenvalue weighted by Crippen LogP contribution is -2.30. The summed E-state index contributed by atoms with van der Waals surface area (Å²) < 4.78 is 1.44. The van der Waals surface area contributed by atoms with Crippen molar-refractivity contribution >= 4 is 18.1 Å². The second-order valence-corrected chi connectivity index (χ2v) is 5.93. The van der Waals surface area contributed by atoms with Gasteiger partial charge in [-0.3, -0.25) is 9.59 Å². The molecule has 7 nitrogen and oxygen atoms in total. The maximum atomic E-state index is 12.6. The normalized spacial score (nSPS) is 10.7. The van der Waals surface area contributed by atoms with E-state index < -0.39 is 17.4 Å². The average molecular weight is 375 g/mol. The van der Waals surface area contributed by atoms with Gasteiger partial charge in [0.25, 0.3) is 11.5 Å². The van der Waals surface area contributed by atoms with Gasteiger partial charge in [-0.15, -0.1) is 0 Å². The Morgan fingerprint density at radius 1 is 0.964 bits per heavy atom. The van der Waals surface area contributed by atoms with Crippen LogP contribution in [0.15, 0.2) is 82.8 Å². The number of hydrogen-bond donors (Lipinski definition) is 2. The zero-order valence-electron chi connectivity index (χ0n) is 14.8. The highest BCUT2D eigenvalue weighted by Gasteiger charge is 2.12. The molecule has 1 amide bonds. The SMILES string of the molecule is O=C(O)c1ccccc1/C=N\NC(=O)c1cccn(Cc2ccccc2)c1=O. The first-order chi connectivity index (χ1) is 13.6. The number of amides is 1. The number of carbonyl (C=O) groups is 2. The van der Waals surface area contributed by atoms with Crippen molar-refractivity contribution in [3.8, 4) is 0 Å². The van der Waals surface area contributed by atoms with Crippen LogP contribution in [0.2, 0.25) is 0 Å². The number of benzene rings is 2. The number of carbonyl (C=O) groups excluding carboxylic acids is 1. The first-order valence-corrected chi connectivity index (χ1v) is 8.45. The van der Waals surface area contributed by atoms with Gasteiger partial charge >= 0.3 is 5.97 Å². The topological polar surface area (TPSA) is 101 Å². The fourth-order valence-electron chi connectivity index (χ4n) is 2.64. The van der Waals surface area contributed by atoms with Crippen LogP contribution >= 0.6 is 0 Å². The molecule has 7 heteroatoms. The molecule has 0 saturated heterocycles. The number of rotatable bonds is 6. The molecule has 28 heavy (non-hydrogen) atoms. The molecule has 2 N–H and O–H groups in total. The summed E-state index contributed by atoms with van der Waals surface area (Å²) >= 11 is 0. The van der Waals surface area contributed by atoms with Crippen molar-refractivity contribution in [3.05, 3.63) is 106 Å². The van der Waals surface area contributed by atoms with Gasteiger partial charge in [0.2, 0.25) is 0 Å². The molecular weight excluding hydrogens is 358 g/mol. The van der Waals surface area contributed by atoms with Crippen LogP contribution < -0.4 is 11.0 Å². The van der Waals surface area contributed by atoms with Crippen molar-refractivity contribution in [3.63, 3.8) is 0 Å². The Bertz CT molecular complexity index is 1090. The van der Waals surface area contributed by atoms with Crippen LogP contribution in [0.5, 0.6) is 0 Å². The third kappa shape index (κ3) is 4.39. The number of carboxylic acid groups (broad SMARTS) is 1. The molecule has 3 aromatic rings. The minimum absolute atomic E-state index is 0.0536. The van der Waals surface area contributed by atoms with Gasteiger partial charge in [0.15, 0.2) is 0 Å². The van der Waals surface area contributed by atoms with Crippen LogP contribution in [0, 0.1) is 0 Å². The van der Waals surface area contributed by atoms with Gasteiger partial charge in [-0.25, -0.2) is 10.2 Å². The molecule has 0 spiro atoms. The highest BCUT2D eigenvalue weighted by atomic mass is 16.4. The molecule has 0 atom stereocenters. The van der Waals surface area contributed by atoms with Crippen molar-refractivity contribution in [1.29, 1.82) is 0 Å². The van der Waals surface area contributed by atoms with Crippen molar-refractivity contribution in [2.75, 3.05) is 0 Å². The largest absolute Gasteiger partial charge is 0.478 e. The van der Waals surface area contributed by atoms with Crippen LogP contribution in [-0.2, 0) is 6.54 Å². The Labute approximate surface area is 160 Å². The zero-order valence-corrected chi connectivity index (χ0v) is 14.8. The highest BCUT2D eigenvalue weighted by Crippen LogP contribution is 2.06. The maximum absolute atomic E-state index is 12.6. The number of aromatic carboxylic acids is 1. The molecule has 0 bridgehead atoms. The Morgan fingerprint density at radius 2 is 1.64 bits per heavy atom. The van der Waals surface area contributed by atoms with Crippen molar-refractivity contribution in [2.45, 2.75) is 6.54 Å². The van der Waals surface area contributed by atoms with Gasteiger partial charge in [-0.05, 0) is 23.8 Å². The lowest BCUT2D eigenvalue weighted by Gasteiger charge is -2.07. The average Bonchev–Trinajstić information content (AvgIpc) is 2.70. The monoisotopic (exact) mass is 375 g/mol. The summed E-state index contributed by atoms with van der Waals surface area (Å²) in [4.78, 5) is 36.1. The highest BCUT2D eigenvalue weighted by molar-refractivity contribution is 5.99. The maximum Gasteiger partial charge on any atom is 0.336 e. The molecule has 2 aromatic carbocycles. The van der Waals surface area contributed by atoms with Gasteiger partial charge in [0.05, 0.1) is 18.3 Å². The molecule has 0 aliphatic carbocycles. The number of pyridine rings is 1. The molecule has 0 aliphatic rings. The van der Waals surface area contributed by atoms with Crippen LogP contribution in [0.4, 0.5) is 0 Å². The standard InChI is InChI=1S/C21H17N3O4/c25-19(23-22-13-16-9-4-5-10-17(16)21(27)28)18-11-6-12-24(20(18)26)14-15-7-2-1-3-8-15/h1-13H,14H2,(H,23,25)(H,27,28)/b22-13-. The Hall–Kier alpha value is -4.00. The number of nitrogens with zero attached hydrogens (tertiary/aromatic N) is 2. The van der Waals surface area contributed by atoms with E-state index in [0.717, 1.165) is 5.56 Å². The van der Waals surface area contributed by atoms with Gasteiger partial charge in [0, 0.05) is 11.8 Å². The number of hydrazone groups is 1. The van der Waals surface area contributed by atoms with E-state index in [9.17, 15) is 14.4 Å². The first-order valence-electron chi connectivity index (χ1n) is 8.45. The number of hydrogen-bond acceptors (Lipinski definition) is 4. The van der Waals surface area contributed by atoms with E-state index in [1.54, 1.807) is 30.5 Å². The molecule has 3 rings (SSSR count). The summed E-state index contributed by atoms with van der Waals surface area (Å²) in [6.07, 6.45) is 2.84. The third-order valence-corrected chi connectivity index (χ3v) is 4.02. The van der Waals surface area contributed by atoms with Gasteiger partial charge < -0.3 is 9.67 Å². The van der Waals surface area contributed by atoms with E-state index in [2.05, 4.69) is 10.5 Å². The summed E-state index contributed by atoms with van der Waals surface area (Å²) in [7, 11) is 0. The Morgan fingerprint density at radius 3 is 2.39 bits per heavy atom. The lowest BCUT2D eigenvalue weighted by molar-refractivity contribution is 0.0696. The number of nitrogens with one attached hydrogen (secondary N) is 1. The van der Waals surface area contributed by atoms with E-state index in [0.29, 0.717) is 12.1 Å². The van der Waals surface area contributed by atoms with Gasteiger partial charge in [-0.1, -0.05) is 48.5 Å². The summed E-state index contributed by atoms with van der Waals surface area (Å²) in [5, 5.41) is 12.9. The molecule has 0 radical (unpaired) electrons. The molecule has 0 unspecified atom stereocenters. The molecule has 0 saturated carbocycles. The van der Waals surface area contributed by atoms with Crippen molar-refractivity contribution in [2.24, 2.45) is 5.10 Å². The summed E-state index contributed by atoms with van der Waals surface area (Å²) in [6, 6.07) is 18.7. The van der Waals surface area contributed by atoms with Crippen LogP contribution in [-0.4, -0.2) is 27.8 Å².